The zero-order chi connectivity index (χ0) is 8.10. The van der Waals surface area contributed by atoms with E-state index < -0.39 is 0 Å². The fourth-order valence-electron chi connectivity index (χ4n) is 0.855. The number of rotatable bonds is 3. The molecule has 0 spiro atoms. The van der Waals surface area contributed by atoms with Crippen LogP contribution in [0.1, 0.15) is 5.56 Å². The number of halogens is 1. The molecule has 0 saturated carbocycles. The molecule has 2 nitrogen and oxygen atoms in total. The van der Waals surface area contributed by atoms with E-state index in [0.29, 0.717) is 11.6 Å². The minimum absolute atomic E-state index is 0.631. The lowest BCUT2D eigenvalue weighted by molar-refractivity contribution is 0.389. The van der Waals surface area contributed by atoms with E-state index in [1.165, 1.54) is 5.56 Å². The molecule has 60 valence electrons. The van der Waals surface area contributed by atoms with Crippen LogP contribution in [-0.2, 0) is 6.42 Å². The molecular weight excluding hydrogens is 162 g/mol. The van der Waals surface area contributed by atoms with E-state index in [2.05, 4.69) is 5.48 Å². The number of benzene rings is 1. The van der Waals surface area contributed by atoms with Crippen molar-refractivity contribution in [3.63, 3.8) is 0 Å². The summed E-state index contributed by atoms with van der Waals surface area (Å²) in [7, 11) is 0. The molecule has 0 amide bonds. The van der Waals surface area contributed by atoms with E-state index in [1.54, 1.807) is 0 Å². The summed E-state index contributed by atoms with van der Waals surface area (Å²) in [6.45, 7) is 0. The highest BCUT2D eigenvalue weighted by Crippen LogP contribution is 2.08. The summed E-state index contributed by atoms with van der Waals surface area (Å²) >= 11 is 5.54. The molecule has 0 aliphatic rings. The minimum Gasteiger partial charge on any atom is -0.291 e. The van der Waals surface area contributed by atoms with E-state index in [9.17, 15) is 0 Å². The summed E-state index contributed by atoms with van der Waals surface area (Å²) in [6, 6.07) is 7.48. The molecule has 0 atom stereocenters. The van der Waals surface area contributed by atoms with Crippen LogP contribution >= 0.6 is 11.6 Å². The van der Waals surface area contributed by atoms with E-state index in [1.807, 2.05) is 24.3 Å². The van der Waals surface area contributed by atoms with Gasteiger partial charge in [-0.15, -0.1) is 11.6 Å². The summed E-state index contributed by atoms with van der Waals surface area (Å²) in [4.78, 5) is 0. The maximum Gasteiger partial charge on any atom is 0.0602 e. The molecular formula is C8H10ClNO. The van der Waals surface area contributed by atoms with Gasteiger partial charge in [0.1, 0.15) is 0 Å². The predicted molar refractivity (Wildman–Crippen MR) is 46.3 cm³/mol. The third kappa shape index (κ3) is 2.41. The van der Waals surface area contributed by atoms with E-state index in [0.717, 1.165) is 6.42 Å². The number of anilines is 1. The highest BCUT2D eigenvalue weighted by atomic mass is 35.5. The smallest absolute Gasteiger partial charge is 0.0602 e. The fraction of sp³-hybridized carbons (Fsp3) is 0.250. The largest absolute Gasteiger partial charge is 0.291 e. The Hall–Kier alpha value is -0.730. The Balaban J connectivity index is 2.66. The van der Waals surface area contributed by atoms with Crippen molar-refractivity contribution in [2.24, 2.45) is 0 Å². The number of hydrogen-bond donors (Lipinski definition) is 2. The van der Waals surface area contributed by atoms with Crippen LogP contribution in [0.25, 0.3) is 0 Å². The number of alkyl halides is 1. The first-order valence-electron chi connectivity index (χ1n) is 3.42. The molecule has 2 N–H and O–H groups in total. The quantitative estimate of drug-likeness (QED) is 0.540. The number of hydrogen-bond acceptors (Lipinski definition) is 2. The molecule has 1 aromatic rings. The third-order valence-electron chi connectivity index (χ3n) is 1.47. The fourth-order valence-corrected chi connectivity index (χ4v) is 1.07. The van der Waals surface area contributed by atoms with Crippen LogP contribution in [0.15, 0.2) is 24.3 Å². The monoisotopic (exact) mass is 171 g/mol. The molecule has 1 aromatic carbocycles. The van der Waals surface area contributed by atoms with Gasteiger partial charge in [0.15, 0.2) is 0 Å². The first-order valence-corrected chi connectivity index (χ1v) is 3.95. The maximum absolute atomic E-state index is 8.48. The molecule has 0 unspecified atom stereocenters. The lowest BCUT2D eigenvalue weighted by Gasteiger charge is -1.99. The van der Waals surface area contributed by atoms with Crippen LogP contribution in [0.5, 0.6) is 0 Å². The molecule has 0 bridgehead atoms. The second kappa shape index (κ2) is 4.21. The lowest BCUT2D eigenvalue weighted by Crippen LogP contribution is -1.90. The molecule has 3 heteroatoms. The molecule has 11 heavy (non-hydrogen) atoms. The van der Waals surface area contributed by atoms with Crippen LogP contribution in [0.3, 0.4) is 0 Å². The van der Waals surface area contributed by atoms with Crippen molar-refractivity contribution in [3.05, 3.63) is 29.8 Å². The Morgan fingerprint density at radius 2 is 1.91 bits per heavy atom. The Bertz CT molecular complexity index is 210. The average molecular weight is 172 g/mol. The van der Waals surface area contributed by atoms with Crippen molar-refractivity contribution in [1.29, 1.82) is 0 Å². The number of nitrogens with one attached hydrogen (secondary N) is 1. The summed E-state index contributed by atoms with van der Waals surface area (Å²) < 4.78 is 0. The van der Waals surface area contributed by atoms with Crippen LogP contribution in [0.4, 0.5) is 5.69 Å². The third-order valence-corrected chi connectivity index (χ3v) is 1.66. The summed E-state index contributed by atoms with van der Waals surface area (Å²) in [5.41, 5.74) is 3.94. The molecule has 0 radical (unpaired) electrons. The highest BCUT2D eigenvalue weighted by molar-refractivity contribution is 6.17. The van der Waals surface area contributed by atoms with Crippen LogP contribution in [-0.4, -0.2) is 11.1 Å². The van der Waals surface area contributed by atoms with Crippen molar-refractivity contribution in [2.45, 2.75) is 6.42 Å². The van der Waals surface area contributed by atoms with Gasteiger partial charge < -0.3 is 0 Å². The maximum atomic E-state index is 8.48. The lowest BCUT2D eigenvalue weighted by atomic mass is 10.1. The molecule has 0 saturated heterocycles. The Morgan fingerprint density at radius 3 is 2.36 bits per heavy atom. The van der Waals surface area contributed by atoms with Crippen molar-refractivity contribution >= 4 is 17.3 Å². The minimum atomic E-state index is 0.631. The van der Waals surface area contributed by atoms with Crippen molar-refractivity contribution in [3.8, 4) is 0 Å². The summed E-state index contributed by atoms with van der Waals surface area (Å²) in [6.07, 6.45) is 0.868. The van der Waals surface area contributed by atoms with E-state index >= 15 is 0 Å². The van der Waals surface area contributed by atoms with Crippen LogP contribution in [0, 0.1) is 0 Å². The second-order valence-electron chi connectivity index (χ2n) is 2.25. The first-order chi connectivity index (χ1) is 5.36. The highest BCUT2D eigenvalue weighted by Gasteiger charge is 1.91. The molecule has 0 aliphatic carbocycles. The Labute approximate surface area is 70.8 Å². The molecule has 0 fully saturated rings. The normalized spacial score (nSPS) is 9.64. The zero-order valence-corrected chi connectivity index (χ0v) is 6.80. The van der Waals surface area contributed by atoms with Gasteiger partial charge in [0.25, 0.3) is 0 Å². The molecule has 0 heterocycles. The topological polar surface area (TPSA) is 32.3 Å². The van der Waals surface area contributed by atoms with Gasteiger partial charge in [0, 0.05) is 5.88 Å². The van der Waals surface area contributed by atoms with Gasteiger partial charge in [-0.2, -0.15) is 0 Å². The van der Waals surface area contributed by atoms with Crippen molar-refractivity contribution in [1.82, 2.24) is 0 Å². The van der Waals surface area contributed by atoms with Crippen LogP contribution < -0.4 is 5.48 Å². The van der Waals surface area contributed by atoms with Gasteiger partial charge in [-0.25, -0.2) is 0 Å². The van der Waals surface area contributed by atoms with E-state index in [-0.39, 0.29) is 0 Å². The van der Waals surface area contributed by atoms with Gasteiger partial charge in [-0.05, 0) is 24.1 Å². The molecule has 0 aliphatic heterocycles. The second-order valence-corrected chi connectivity index (χ2v) is 2.63. The first kappa shape index (κ1) is 8.37. The average Bonchev–Trinajstić information content (AvgIpc) is 2.07. The van der Waals surface area contributed by atoms with Gasteiger partial charge in [-0.1, -0.05) is 12.1 Å². The SMILES string of the molecule is ONc1ccc(CCCl)cc1. The Morgan fingerprint density at radius 1 is 1.27 bits per heavy atom. The Kier molecular flexibility index (Phi) is 3.20. The number of aryl methyl sites for hydroxylation is 1. The van der Waals surface area contributed by atoms with Crippen molar-refractivity contribution in [2.75, 3.05) is 11.4 Å². The zero-order valence-electron chi connectivity index (χ0n) is 6.05. The van der Waals surface area contributed by atoms with E-state index in [4.69, 9.17) is 16.8 Å². The summed E-state index contributed by atoms with van der Waals surface area (Å²) in [5.74, 6) is 0.631. The van der Waals surface area contributed by atoms with Crippen molar-refractivity contribution < 1.29 is 5.21 Å². The van der Waals surface area contributed by atoms with Gasteiger partial charge in [0.2, 0.25) is 0 Å². The van der Waals surface area contributed by atoms with Gasteiger partial charge in [-0.3, -0.25) is 10.7 Å². The van der Waals surface area contributed by atoms with Crippen LogP contribution in [0.2, 0.25) is 0 Å². The van der Waals surface area contributed by atoms with Gasteiger partial charge in [0.05, 0.1) is 5.69 Å². The molecule has 1 rings (SSSR count). The van der Waals surface area contributed by atoms with Gasteiger partial charge >= 0.3 is 0 Å². The summed E-state index contributed by atoms with van der Waals surface area (Å²) in [5, 5.41) is 8.48. The standard InChI is InChI=1S/C8H10ClNO/c9-6-5-7-1-3-8(10-11)4-2-7/h1-4,10-11H,5-6H2. The predicted octanol–water partition coefficient (Wildman–Crippen LogP) is 2.27. The molecule has 0 aromatic heterocycles.